The minimum atomic E-state index is -0.363. The number of aromatic nitrogens is 5. The molecule has 0 unspecified atom stereocenters. The lowest BCUT2D eigenvalue weighted by molar-refractivity contribution is -0.148. The Morgan fingerprint density at radius 1 is 1.14 bits per heavy atom. The van der Waals surface area contributed by atoms with Gasteiger partial charge in [0.15, 0.2) is 0 Å². The van der Waals surface area contributed by atoms with E-state index >= 15 is 0 Å². The maximum atomic E-state index is 14.1. The standard InChI is InChI=1S/C28H28FN5O3/c1-16-21(29)5-7-23(31-16)24-25(18-4-6-22-20(14-18)26(36)33(3)15-30-22)34-13-12-28(27(34)32-24)10-8-19(9-11-28)37-17(2)35/h4-7,14-15,19H,8-13H2,1-3H3/t19-,28-. The van der Waals surface area contributed by atoms with Gasteiger partial charge in [-0.3, -0.25) is 9.59 Å². The van der Waals surface area contributed by atoms with Crippen molar-refractivity contribution in [1.82, 2.24) is 24.1 Å². The van der Waals surface area contributed by atoms with E-state index in [0.717, 1.165) is 55.7 Å². The van der Waals surface area contributed by atoms with Crippen LogP contribution in [0.5, 0.6) is 0 Å². The number of benzene rings is 1. The van der Waals surface area contributed by atoms with Gasteiger partial charge in [-0.25, -0.2) is 19.3 Å². The van der Waals surface area contributed by atoms with Gasteiger partial charge in [0, 0.05) is 31.5 Å². The van der Waals surface area contributed by atoms with Gasteiger partial charge in [-0.15, -0.1) is 0 Å². The van der Waals surface area contributed by atoms with E-state index in [1.807, 2.05) is 18.2 Å². The molecular formula is C28H28FN5O3. The molecule has 4 heterocycles. The van der Waals surface area contributed by atoms with Gasteiger partial charge in [-0.2, -0.15) is 0 Å². The van der Waals surface area contributed by atoms with Crippen LogP contribution in [0.15, 0.2) is 41.5 Å². The highest BCUT2D eigenvalue weighted by Crippen LogP contribution is 2.49. The van der Waals surface area contributed by atoms with E-state index in [4.69, 9.17) is 9.72 Å². The van der Waals surface area contributed by atoms with Crippen LogP contribution in [0.2, 0.25) is 0 Å². The van der Waals surface area contributed by atoms with Crippen molar-refractivity contribution < 1.29 is 13.9 Å². The third kappa shape index (κ3) is 3.84. The lowest BCUT2D eigenvalue weighted by atomic mass is 9.72. The van der Waals surface area contributed by atoms with Crippen LogP contribution in [0.25, 0.3) is 33.5 Å². The van der Waals surface area contributed by atoms with E-state index in [0.29, 0.717) is 28.0 Å². The largest absolute Gasteiger partial charge is 0.463 e. The van der Waals surface area contributed by atoms with Crippen LogP contribution in [-0.2, 0) is 28.5 Å². The van der Waals surface area contributed by atoms with Crippen molar-refractivity contribution in [3.05, 3.63) is 64.3 Å². The maximum absolute atomic E-state index is 14.1. The molecule has 0 radical (unpaired) electrons. The van der Waals surface area contributed by atoms with E-state index in [1.54, 1.807) is 20.0 Å². The molecule has 4 aromatic rings. The molecule has 2 aliphatic rings. The number of imidazole rings is 1. The van der Waals surface area contributed by atoms with Crippen molar-refractivity contribution in [1.29, 1.82) is 0 Å². The average Bonchev–Trinajstić information content (AvgIpc) is 3.42. The lowest BCUT2D eigenvalue weighted by Crippen LogP contribution is -2.34. The van der Waals surface area contributed by atoms with Crippen LogP contribution in [0, 0.1) is 12.7 Å². The Kier molecular flexibility index (Phi) is 5.47. The molecule has 190 valence electrons. The molecule has 1 spiro atoms. The summed E-state index contributed by atoms with van der Waals surface area (Å²) in [6.07, 6.45) is 5.75. The molecule has 1 aliphatic carbocycles. The number of carbonyl (C=O) groups excluding carboxylic acids is 1. The molecule has 37 heavy (non-hydrogen) atoms. The smallest absolute Gasteiger partial charge is 0.302 e. The number of fused-ring (bicyclic) bond motifs is 3. The van der Waals surface area contributed by atoms with Crippen LogP contribution in [-0.4, -0.2) is 36.2 Å². The van der Waals surface area contributed by atoms with Gasteiger partial charge in [-0.1, -0.05) is 6.07 Å². The zero-order valence-corrected chi connectivity index (χ0v) is 21.1. The fourth-order valence-corrected chi connectivity index (χ4v) is 5.99. The molecule has 8 nitrogen and oxygen atoms in total. The summed E-state index contributed by atoms with van der Waals surface area (Å²) in [6.45, 7) is 3.87. The van der Waals surface area contributed by atoms with Crippen molar-refractivity contribution in [2.75, 3.05) is 0 Å². The van der Waals surface area contributed by atoms with Gasteiger partial charge < -0.3 is 13.9 Å². The SMILES string of the molecule is CC(=O)O[C@H]1CC[C@@]2(CCn3c(-c4ccc5ncn(C)c(=O)c5c4)c(-c4ccc(F)c(C)n4)nc32)CC1. The van der Waals surface area contributed by atoms with Crippen molar-refractivity contribution in [2.45, 2.75) is 64.0 Å². The lowest BCUT2D eigenvalue weighted by Gasteiger charge is -2.35. The Hall–Kier alpha value is -3.88. The normalized spacial score (nSPS) is 20.9. The first-order chi connectivity index (χ1) is 17.8. The number of pyridine rings is 1. The topological polar surface area (TPSA) is 91.9 Å². The number of hydrogen-bond donors (Lipinski definition) is 0. The summed E-state index contributed by atoms with van der Waals surface area (Å²) in [6, 6.07) is 8.77. The van der Waals surface area contributed by atoms with Crippen molar-refractivity contribution in [2.24, 2.45) is 7.05 Å². The highest BCUT2D eigenvalue weighted by molar-refractivity contribution is 5.87. The number of hydrogen-bond acceptors (Lipinski definition) is 6. The molecule has 1 aliphatic heterocycles. The van der Waals surface area contributed by atoms with Crippen molar-refractivity contribution in [3.8, 4) is 22.6 Å². The van der Waals surface area contributed by atoms with Crippen LogP contribution in [0.4, 0.5) is 4.39 Å². The van der Waals surface area contributed by atoms with Gasteiger partial charge in [0.05, 0.1) is 34.3 Å². The van der Waals surface area contributed by atoms with Crippen LogP contribution >= 0.6 is 0 Å². The fraction of sp³-hybridized carbons (Fsp3) is 0.393. The predicted octanol–water partition coefficient (Wildman–Crippen LogP) is 4.45. The zero-order chi connectivity index (χ0) is 25.9. The number of ether oxygens (including phenoxy) is 1. The summed E-state index contributed by atoms with van der Waals surface area (Å²) in [5, 5.41) is 0.529. The Morgan fingerprint density at radius 3 is 2.65 bits per heavy atom. The van der Waals surface area contributed by atoms with Gasteiger partial charge in [0.25, 0.3) is 5.56 Å². The third-order valence-electron chi connectivity index (χ3n) is 7.93. The van der Waals surface area contributed by atoms with Crippen molar-refractivity contribution >= 4 is 16.9 Å². The second-order valence-electron chi connectivity index (χ2n) is 10.3. The minimum absolute atomic E-state index is 0.0586. The molecule has 0 amide bonds. The van der Waals surface area contributed by atoms with Gasteiger partial charge in [0.1, 0.15) is 23.4 Å². The number of esters is 1. The number of halogens is 1. The zero-order valence-electron chi connectivity index (χ0n) is 21.1. The van der Waals surface area contributed by atoms with E-state index in [-0.39, 0.29) is 28.9 Å². The molecule has 0 saturated heterocycles. The highest BCUT2D eigenvalue weighted by Gasteiger charge is 2.46. The number of aryl methyl sites for hydroxylation is 2. The summed E-state index contributed by atoms with van der Waals surface area (Å²) >= 11 is 0. The van der Waals surface area contributed by atoms with Crippen LogP contribution in [0.3, 0.4) is 0 Å². The Bertz CT molecular complexity index is 1610. The minimum Gasteiger partial charge on any atom is -0.463 e. The van der Waals surface area contributed by atoms with Gasteiger partial charge in [0.2, 0.25) is 0 Å². The van der Waals surface area contributed by atoms with E-state index in [2.05, 4.69) is 14.5 Å². The first-order valence-corrected chi connectivity index (χ1v) is 12.6. The number of carbonyl (C=O) groups is 1. The van der Waals surface area contributed by atoms with Crippen molar-refractivity contribution in [3.63, 3.8) is 0 Å². The maximum Gasteiger partial charge on any atom is 0.302 e. The first-order valence-electron chi connectivity index (χ1n) is 12.6. The van der Waals surface area contributed by atoms with Crippen LogP contribution < -0.4 is 5.56 Å². The predicted molar refractivity (Wildman–Crippen MR) is 136 cm³/mol. The summed E-state index contributed by atoms with van der Waals surface area (Å²) < 4.78 is 23.3. The van der Waals surface area contributed by atoms with Crippen LogP contribution in [0.1, 0.15) is 50.5 Å². The first kappa shape index (κ1) is 23.5. The Labute approximate surface area is 213 Å². The molecule has 3 aromatic heterocycles. The Morgan fingerprint density at radius 2 is 1.92 bits per heavy atom. The molecule has 6 rings (SSSR count). The monoisotopic (exact) mass is 501 g/mol. The molecule has 9 heteroatoms. The second kappa shape index (κ2) is 8.61. The summed E-state index contributed by atoms with van der Waals surface area (Å²) in [4.78, 5) is 38.4. The molecule has 0 N–H and O–H groups in total. The van der Waals surface area contributed by atoms with E-state index in [9.17, 15) is 14.0 Å². The summed E-state index contributed by atoms with van der Waals surface area (Å²) in [5.74, 6) is 0.382. The molecule has 0 bridgehead atoms. The molecule has 1 saturated carbocycles. The molecule has 1 aromatic carbocycles. The number of rotatable bonds is 3. The van der Waals surface area contributed by atoms with Gasteiger partial charge in [-0.05, 0) is 63.3 Å². The van der Waals surface area contributed by atoms with E-state index in [1.165, 1.54) is 23.9 Å². The third-order valence-corrected chi connectivity index (χ3v) is 7.93. The average molecular weight is 502 g/mol. The van der Waals surface area contributed by atoms with E-state index < -0.39 is 0 Å². The molecule has 1 fully saturated rings. The quantitative estimate of drug-likeness (QED) is 0.385. The molecule has 0 atom stereocenters. The fourth-order valence-electron chi connectivity index (χ4n) is 5.99. The summed E-state index contributed by atoms with van der Waals surface area (Å²) in [5.41, 5.74) is 3.70. The summed E-state index contributed by atoms with van der Waals surface area (Å²) in [7, 11) is 1.69. The molecular weight excluding hydrogens is 473 g/mol. The van der Waals surface area contributed by atoms with Gasteiger partial charge >= 0.3 is 5.97 Å². The Balaban J connectivity index is 1.51. The highest BCUT2D eigenvalue weighted by atomic mass is 19.1. The second-order valence-corrected chi connectivity index (χ2v) is 10.3. The number of nitrogens with zero attached hydrogens (tertiary/aromatic N) is 5.